The average molecular weight is 195 g/mol. The average Bonchev–Trinajstić information content (AvgIpc) is 1.83. The molecule has 7 heteroatoms. The molecule has 0 saturated carbocycles. The molecule has 0 rings (SSSR count). The van der Waals surface area contributed by atoms with E-state index in [1.54, 1.807) is 0 Å². The van der Waals surface area contributed by atoms with Crippen molar-refractivity contribution in [2.45, 2.75) is 11.9 Å². The quantitative estimate of drug-likeness (QED) is 0.379. The summed E-state index contributed by atoms with van der Waals surface area (Å²) in [7, 11) is -4.79. The Labute approximate surface area is 69.4 Å². The molecule has 1 atom stereocenters. The summed E-state index contributed by atoms with van der Waals surface area (Å²) in [6.45, 7) is 3.63. The molecule has 0 aliphatic rings. The molecule has 0 aliphatic carbocycles. The van der Waals surface area contributed by atoms with Crippen LogP contribution in [0.3, 0.4) is 0 Å². The number of hydrogen-bond donors (Lipinski definition) is 3. The minimum atomic E-state index is -4.79. The summed E-state index contributed by atoms with van der Waals surface area (Å²) in [5, 5.41) is 9.05. The summed E-state index contributed by atoms with van der Waals surface area (Å²) in [5.74, 6) is -1.20. The lowest BCUT2D eigenvalue weighted by Crippen LogP contribution is -2.41. The van der Waals surface area contributed by atoms with Crippen molar-refractivity contribution in [1.29, 1.82) is 0 Å². The zero-order valence-electron chi connectivity index (χ0n) is 6.31. The van der Waals surface area contributed by atoms with Crippen LogP contribution in [-0.4, -0.2) is 28.9 Å². The molecule has 0 aromatic heterocycles. The lowest BCUT2D eigenvalue weighted by molar-refractivity contribution is -0.115. The van der Waals surface area contributed by atoms with Gasteiger partial charge in [-0.05, 0) is 6.92 Å². The van der Waals surface area contributed by atoms with Gasteiger partial charge in [-0.15, -0.1) is 0 Å². The number of carbonyl (C=O) groups excluding carboxylic acids is 1. The van der Waals surface area contributed by atoms with E-state index in [0.717, 1.165) is 0 Å². The minimum Gasteiger partial charge on any atom is -0.369 e. The maximum absolute atomic E-state index is 10.4. The second-order valence-corrected chi connectivity index (χ2v) is 4.05. The van der Waals surface area contributed by atoms with Crippen LogP contribution >= 0.6 is 0 Å². The van der Waals surface area contributed by atoms with Crippen LogP contribution in [0.1, 0.15) is 6.92 Å². The molecule has 0 aromatic carbocycles. The maximum Gasteiger partial charge on any atom is 0.299 e. The fraction of sp³-hybridized carbons (Fsp3) is 0.400. The SMILES string of the molecule is C=C(C(N)=O)C(C)(O)S(=O)(=O)O. The number of primary amides is 1. The van der Waals surface area contributed by atoms with Gasteiger partial charge in [0.05, 0.1) is 5.57 Å². The van der Waals surface area contributed by atoms with Gasteiger partial charge in [-0.25, -0.2) is 0 Å². The molecule has 70 valence electrons. The van der Waals surface area contributed by atoms with E-state index in [2.05, 4.69) is 12.3 Å². The van der Waals surface area contributed by atoms with Gasteiger partial charge < -0.3 is 10.8 Å². The maximum atomic E-state index is 10.4. The highest BCUT2D eigenvalue weighted by atomic mass is 32.2. The lowest BCUT2D eigenvalue weighted by atomic mass is 10.2. The van der Waals surface area contributed by atoms with Gasteiger partial charge in [0.2, 0.25) is 10.8 Å². The van der Waals surface area contributed by atoms with Crippen molar-refractivity contribution in [3.8, 4) is 0 Å². The van der Waals surface area contributed by atoms with E-state index in [1.807, 2.05) is 0 Å². The van der Waals surface area contributed by atoms with Gasteiger partial charge in [0, 0.05) is 0 Å². The first-order chi connectivity index (χ1) is 5.10. The molecule has 0 radical (unpaired) electrons. The zero-order chi connectivity index (χ0) is 10.2. The van der Waals surface area contributed by atoms with Gasteiger partial charge in [-0.3, -0.25) is 9.35 Å². The Balaban J connectivity index is 5.15. The standard InChI is InChI=1S/C5H9NO5S/c1-3(4(6)7)5(2,8)12(9,10)11/h8H,1H2,2H3,(H2,6,7)(H,9,10,11). The van der Waals surface area contributed by atoms with E-state index in [1.165, 1.54) is 0 Å². The van der Waals surface area contributed by atoms with E-state index in [4.69, 9.17) is 9.66 Å². The third-order valence-corrected chi connectivity index (χ3v) is 2.61. The van der Waals surface area contributed by atoms with Gasteiger partial charge in [-0.2, -0.15) is 8.42 Å². The Morgan fingerprint density at radius 3 is 2.00 bits per heavy atom. The summed E-state index contributed by atoms with van der Waals surface area (Å²) in [6, 6.07) is 0. The second-order valence-electron chi connectivity index (χ2n) is 2.30. The number of aliphatic hydroxyl groups is 1. The molecular weight excluding hydrogens is 186 g/mol. The van der Waals surface area contributed by atoms with Crippen LogP contribution in [0.2, 0.25) is 0 Å². The third kappa shape index (κ3) is 1.81. The van der Waals surface area contributed by atoms with Gasteiger partial charge in [0.25, 0.3) is 10.1 Å². The molecule has 0 bridgehead atoms. The summed E-state index contributed by atoms with van der Waals surface area (Å²) < 4.78 is 29.3. The van der Waals surface area contributed by atoms with Crippen LogP contribution in [-0.2, 0) is 14.9 Å². The number of nitrogens with two attached hydrogens (primary N) is 1. The van der Waals surface area contributed by atoms with Crippen LogP contribution in [0.15, 0.2) is 12.2 Å². The van der Waals surface area contributed by atoms with Crippen LogP contribution in [0.25, 0.3) is 0 Å². The van der Waals surface area contributed by atoms with Crippen LogP contribution in [0.4, 0.5) is 0 Å². The molecule has 0 fully saturated rings. The van der Waals surface area contributed by atoms with Gasteiger partial charge in [0.1, 0.15) is 0 Å². The van der Waals surface area contributed by atoms with Crippen LogP contribution in [0.5, 0.6) is 0 Å². The van der Waals surface area contributed by atoms with Crippen LogP contribution in [0, 0.1) is 0 Å². The highest BCUT2D eigenvalue weighted by Crippen LogP contribution is 2.19. The predicted molar refractivity (Wildman–Crippen MR) is 40.5 cm³/mol. The molecule has 0 aliphatic heterocycles. The summed E-state index contributed by atoms with van der Waals surface area (Å²) in [4.78, 5) is 7.66. The van der Waals surface area contributed by atoms with Crippen molar-refractivity contribution in [1.82, 2.24) is 0 Å². The van der Waals surface area contributed by atoms with Crippen molar-refractivity contribution >= 4 is 16.0 Å². The molecule has 4 N–H and O–H groups in total. The normalized spacial score (nSPS) is 16.6. The van der Waals surface area contributed by atoms with Crippen molar-refractivity contribution in [2.24, 2.45) is 5.73 Å². The molecule has 0 heterocycles. The predicted octanol–water partition coefficient (Wildman–Crippen LogP) is -1.38. The van der Waals surface area contributed by atoms with Gasteiger partial charge in [-0.1, -0.05) is 6.58 Å². The van der Waals surface area contributed by atoms with E-state index in [0.29, 0.717) is 6.92 Å². The second kappa shape index (κ2) is 2.85. The van der Waals surface area contributed by atoms with Crippen molar-refractivity contribution in [3.63, 3.8) is 0 Å². The fourth-order valence-electron chi connectivity index (χ4n) is 0.384. The number of rotatable bonds is 3. The highest BCUT2D eigenvalue weighted by molar-refractivity contribution is 7.87. The van der Waals surface area contributed by atoms with E-state index < -0.39 is 26.5 Å². The Morgan fingerprint density at radius 1 is 1.58 bits per heavy atom. The first-order valence-corrected chi connectivity index (χ1v) is 4.23. The number of carbonyl (C=O) groups is 1. The van der Waals surface area contributed by atoms with Crippen molar-refractivity contribution in [3.05, 3.63) is 12.2 Å². The first-order valence-electron chi connectivity index (χ1n) is 2.79. The largest absolute Gasteiger partial charge is 0.369 e. The Kier molecular flexibility index (Phi) is 2.63. The third-order valence-electron chi connectivity index (χ3n) is 1.36. The van der Waals surface area contributed by atoms with Gasteiger partial charge in [0.15, 0.2) is 0 Å². The van der Waals surface area contributed by atoms with Gasteiger partial charge >= 0.3 is 0 Å². The van der Waals surface area contributed by atoms with E-state index in [9.17, 15) is 13.2 Å². The van der Waals surface area contributed by atoms with Crippen LogP contribution < -0.4 is 5.73 Å². The number of hydrogen-bond acceptors (Lipinski definition) is 4. The molecule has 6 nitrogen and oxygen atoms in total. The molecule has 1 amide bonds. The molecular formula is C5H9NO5S. The molecule has 1 unspecified atom stereocenters. The summed E-state index contributed by atoms with van der Waals surface area (Å²) in [5.41, 5.74) is 3.86. The Bertz CT molecular complexity index is 315. The molecule has 12 heavy (non-hydrogen) atoms. The van der Waals surface area contributed by atoms with Crippen molar-refractivity contribution < 1.29 is 22.9 Å². The van der Waals surface area contributed by atoms with E-state index >= 15 is 0 Å². The highest BCUT2D eigenvalue weighted by Gasteiger charge is 2.40. The Hall–Kier alpha value is -0.920. The Morgan fingerprint density at radius 2 is 1.92 bits per heavy atom. The van der Waals surface area contributed by atoms with E-state index in [-0.39, 0.29) is 0 Å². The molecule has 0 saturated heterocycles. The van der Waals surface area contributed by atoms with Crippen molar-refractivity contribution in [2.75, 3.05) is 0 Å². The zero-order valence-corrected chi connectivity index (χ0v) is 7.13. The summed E-state index contributed by atoms with van der Waals surface area (Å²) >= 11 is 0. The topological polar surface area (TPSA) is 118 Å². The summed E-state index contributed by atoms with van der Waals surface area (Å²) in [6.07, 6.45) is 0. The molecule has 0 aromatic rings. The molecule has 0 spiro atoms. The lowest BCUT2D eigenvalue weighted by Gasteiger charge is -2.19. The minimum absolute atomic E-state index is 0.704. The first kappa shape index (κ1) is 11.1. The fourth-order valence-corrected chi connectivity index (χ4v) is 0.796. The number of amides is 1. The monoisotopic (exact) mass is 195 g/mol. The smallest absolute Gasteiger partial charge is 0.299 e.